The fraction of sp³-hybridized carbons (Fsp3) is 0.556. The van der Waals surface area contributed by atoms with Gasteiger partial charge in [-0.3, -0.25) is 9.59 Å². The van der Waals surface area contributed by atoms with E-state index >= 15 is 0 Å². The Kier molecular flexibility index (Phi) is 3.41. The number of aliphatic hydroxyl groups excluding tert-OH is 1. The standard InChI is InChI=1S/C18H22N2O3/c1-19-16(11-5-3-2-4-6-11)12(10-21)15-17(19)14(22)9-13(18(15)23)20-7-8-20/h9,11,21H,2-8,10H2,1H3. The van der Waals surface area contributed by atoms with Crippen LogP contribution in [-0.4, -0.2) is 39.2 Å². The molecule has 4 rings (SSSR count). The minimum Gasteiger partial charge on any atom is -0.392 e. The van der Waals surface area contributed by atoms with Crippen LogP contribution in [0.25, 0.3) is 0 Å². The van der Waals surface area contributed by atoms with E-state index in [1.54, 1.807) is 0 Å². The third-order valence-electron chi connectivity index (χ3n) is 5.44. The zero-order valence-electron chi connectivity index (χ0n) is 13.5. The van der Waals surface area contributed by atoms with Crippen LogP contribution in [0.15, 0.2) is 11.8 Å². The third kappa shape index (κ3) is 2.17. The van der Waals surface area contributed by atoms with Gasteiger partial charge in [-0.05, 0) is 18.8 Å². The largest absolute Gasteiger partial charge is 0.392 e. The van der Waals surface area contributed by atoms with E-state index in [1.165, 1.54) is 25.3 Å². The number of aromatic nitrogens is 1. The number of aliphatic hydroxyl groups is 1. The number of carbonyl (C=O) groups excluding carboxylic acids is 2. The zero-order chi connectivity index (χ0) is 16.1. The fourth-order valence-corrected chi connectivity index (χ4v) is 4.26. The number of nitrogens with zero attached hydrogens (tertiary/aromatic N) is 2. The number of rotatable bonds is 3. The van der Waals surface area contributed by atoms with Crippen LogP contribution >= 0.6 is 0 Å². The van der Waals surface area contributed by atoms with E-state index in [-0.39, 0.29) is 18.2 Å². The lowest BCUT2D eigenvalue weighted by Gasteiger charge is -2.24. The molecule has 122 valence electrons. The summed E-state index contributed by atoms with van der Waals surface area (Å²) in [6, 6.07) is 0. The highest BCUT2D eigenvalue weighted by Crippen LogP contribution is 2.40. The van der Waals surface area contributed by atoms with E-state index in [4.69, 9.17) is 0 Å². The van der Waals surface area contributed by atoms with Crippen LogP contribution in [0.4, 0.5) is 0 Å². The molecule has 0 unspecified atom stereocenters. The molecule has 1 aliphatic heterocycles. The van der Waals surface area contributed by atoms with Crippen LogP contribution in [0.3, 0.4) is 0 Å². The van der Waals surface area contributed by atoms with Crippen molar-refractivity contribution in [3.05, 3.63) is 34.3 Å². The molecule has 1 aromatic heterocycles. The molecule has 3 aliphatic rings. The fourth-order valence-electron chi connectivity index (χ4n) is 4.26. The third-order valence-corrected chi connectivity index (χ3v) is 5.44. The van der Waals surface area contributed by atoms with Gasteiger partial charge in [0.1, 0.15) is 5.69 Å². The first kappa shape index (κ1) is 14.7. The average molecular weight is 314 g/mol. The predicted molar refractivity (Wildman–Crippen MR) is 85.5 cm³/mol. The van der Waals surface area contributed by atoms with Gasteiger partial charge in [0.2, 0.25) is 11.6 Å². The Bertz CT molecular complexity index is 719. The SMILES string of the molecule is Cn1c2c(c(CO)c1C1CCCCC1)C(=O)C(N1CC1)=CC2=O. The lowest BCUT2D eigenvalue weighted by atomic mass is 9.84. The highest BCUT2D eigenvalue weighted by atomic mass is 16.3. The summed E-state index contributed by atoms with van der Waals surface area (Å²) in [4.78, 5) is 27.4. The summed E-state index contributed by atoms with van der Waals surface area (Å²) in [7, 11) is 1.86. The number of Topliss-reactive ketones (excluding diaryl/α,β-unsaturated/α-hetero) is 1. The van der Waals surface area contributed by atoms with Crippen LogP contribution in [0.1, 0.15) is 70.1 Å². The molecular formula is C18H22N2O3. The monoisotopic (exact) mass is 314 g/mol. The molecule has 0 spiro atoms. The highest BCUT2D eigenvalue weighted by Gasteiger charge is 2.39. The first-order valence-electron chi connectivity index (χ1n) is 8.51. The molecule has 0 amide bonds. The average Bonchev–Trinajstić information content (AvgIpc) is 3.35. The van der Waals surface area contributed by atoms with Gasteiger partial charge in [-0.1, -0.05) is 19.3 Å². The molecule has 0 atom stereocenters. The molecule has 2 fully saturated rings. The van der Waals surface area contributed by atoms with Gasteiger partial charge in [-0.2, -0.15) is 0 Å². The molecule has 1 N–H and O–H groups in total. The van der Waals surface area contributed by atoms with E-state index in [9.17, 15) is 14.7 Å². The summed E-state index contributed by atoms with van der Waals surface area (Å²) >= 11 is 0. The van der Waals surface area contributed by atoms with Crippen LogP contribution in [-0.2, 0) is 13.7 Å². The molecule has 23 heavy (non-hydrogen) atoms. The van der Waals surface area contributed by atoms with E-state index in [0.29, 0.717) is 28.4 Å². The molecule has 1 saturated heterocycles. The van der Waals surface area contributed by atoms with E-state index in [2.05, 4.69) is 0 Å². The molecule has 0 aromatic carbocycles. The second-order valence-electron chi connectivity index (χ2n) is 6.85. The smallest absolute Gasteiger partial charge is 0.211 e. The van der Waals surface area contributed by atoms with Crippen molar-refractivity contribution in [1.29, 1.82) is 0 Å². The Morgan fingerprint density at radius 2 is 1.87 bits per heavy atom. The van der Waals surface area contributed by atoms with Gasteiger partial charge in [-0.15, -0.1) is 0 Å². The van der Waals surface area contributed by atoms with Crippen molar-refractivity contribution < 1.29 is 14.7 Å². The van der Waals surface area contributed by atoms with Gasteiger partial charge in [0.25, 0.3) is 0 Å². The van der Waals surface area contributed by atoms with E-state index in [1.807, 2.05) is 16.5 Å². The van der Waals surface area contributed by atoms with Crippen LogP contribution in [0, 0.1) is 0 Å². The molecule has 0 bridgehead atoms. The van der Waals surface area contributed by atoms with Crippen molar-refractivity contribution in [3.63, 3.8) is 0 Å². The summed E-state index contributed by atoms with van der Waals surface area (Å²) in [5.41, 5.74) is 3.09. The van der Waals surface area contributed by atoms with Gasteiger partial charge in [0.05, 0.1) is 17.9 Å². The normalized spacial score (nSPS) is 21.5. The maximum atomic E-state index is 12.9. The Balaban J connectivity index is 1.86. The molecule has 5 nitrogen and oxygen atoms in total. The quantitative estimate of drug-likeness (QED) is 0.868. The van der Waals surface area contributed by atoms with Crippen LogP contribution < -0.4 is 0 Å². The van der Waals surface area contributed by atoms with E-state index < -0.39 is 0 Å². The number of allylic oxidation sites excluding steroid dienone is 2. The highest BCUT2D eigenvalue weighted by molar-refractivity contribution is 6.24. The Hall–Kier alpha value is -1.88. The van der Waals surface area contributed by atoms with E-state index in [0.717, 1.165) is 31.6 Å². The summed E-state index contributed by atoms with van der Waals surface area (Å²) in [6.07, 6.45) is 7.20. The topological polar surface area (TPSA) is 62.3 Å². The number of ketones is 2. The molecule has 1 saturated carbocycles. The Labute approximate surface area is 135 Å². The summed E-state index contributed by atoms with van der Waals surface area (Å²) in [5, 5.41) is 9.95. The summed E-state index contributed by atoms with van der Waals surface area (Å²) in [6.45, 7) is 1.48. The number of fused-ring (bicyclic) bond motifs is 1. The number of hydrogen-bond acceptors (Lipinski definition) is 4. The lowest BCUT2D eigenvalue weighted by Crippen LogP contribution is -2.22. The molecular weight excluding hydrogens is 292 g/mol. The zero-order valence-corrected chi connectivity index (χ0v) is 13.5. The predicted octanol–water partition coefficient (Wildman–Crippen LogP) is 2.14. The van der Waals surface area contributed by atoms with Gasteiger partial charge in [0.15, 0.2) is 0 Å². The molecule has 2 aliphatic carbocycles. The minimum atomic E-state index is -0.179. The summed E-state index contributed by atoms with van der Waals surface area (Å²) in [5.74, 6) is 0.131. The van der Waals surface area contributed by atoms with Crippen molar-refractivity contribution in [2.75, 3.05) is 13.1 Å². The first-order chi connectivity index (χ1) is 11.1. The van der Waals surface area contributed by atoms with Crippen molar-refractivity contribution in [1.82, 2.24) is 9.47 Å². The van der Waals surface area contributed by atoms with Gasteiger partial charge in [-0.25, -0.2) is 0 Å². The van der Waals surface area contributed by atoms with Crippen molar-refractivity contribution in [2.45, 2.75) is 44.6 Å². The minimum absolute atomic E-state index is 0.0983. The molecule has 5 heteroatoms. The molecule has 0 radical (unpaired) electrons. The second kappa shape index (κ2) is 5.34. The first-order valence-corrected chi connectivity index (χ1v) is 8.51. The van der Waals surface area contributed by atoms with Crippen LogP contribution in [0.5, 0.6) is 0 Å². The second-order valence-corrected chi connectivity index (χ2v) is 6.85. The number of carbonyl (C=O) groups is 2. The number of hydrogen-bond donors (Lipinski definition) is 1. The maximum Gasteiger partial charge on any atom is 0.211 e. The van der Waals surface area contributed by atoms with Crippen molar-refractivity contribution in [3.8, 4) is 0 Å². The van der Waals surface area contributed by atoms with Crippen molar-refractivity contribution >= 4 is 11.6 Å². The van der Waals surface area contributed by atoms with Crippen molar-refractivity contribution in [2.24, 2.45) is 7.05 Å². The summed E-state index contributed by atoms with van der Waals surface area (Å²) < 4.78 is 1.88. The Morgan fingerprint density at radius 3 is 2.48 bits per heavy atom. The van der Waals surface area contributed by atoms with Crippen LogP contribution in [0.2, 0.25) is 0 Å². The molecule has 2 heterocycles. The molecule has 1 aromatic rings. The Morgan fingerprint density at radius 1 is 1.17 bits per heavy atom. The van der Waals surface area contributed by atoms with Gasteiger partial charge >= 0.3 is 0 Å². The van der Waals surface area contributed by atoms with Gasteiger partial charge in [0, 0.05) is 37.5 Å². The van der Waals surface area contributed by atoms with Gasteiger partial charge < -0.3 is 14.6 Å². The maximum absolute atomic E-state index is 12.9. The lowest BCUT2D eigenvalue weighted by molar-refractivity contribution is 0.0964.